The van der Waals surface area contributed by atoms with Gasteiger partial charge in [0.05, 0.1) is 20.6 Å². The van der Waals surface area contributed by atoms with E-state index in [2.05, 4.69) is 17.4 Å². The standard InChI is InChI=1S/C21H32N2O4/c1-14-10-15(2)18(16(3)11-14)13-20(24)22-19(21(25)26-4)12-17-6-8-23(27-5)9-7-17/h10-11,17,19H,6-9,12-13H2,1-5H3,(H,22,24). The normalized spacial score (nSPS) is 16.8. The maximum absolute atomic E-state index is 12.6. The Bertz CT molecular complexity index is 643. The lowest BCUT2D eigenvalue weighted by molar-refractivity contribution is -0.152. The topological polar surface area (TPSA) is 67.9 Å². The molecule has 1 saturated heterocycles. The van der Waals surface area contributed by atoms with Gasteiger partial charge in [-0.2, -0.15) is 5.06 Å². The molecule has 0 aromatic heterocycles. The molecule has 6 heteroatoms. The van der Waals surface area contributed by atoms with E-state index in [1.807, 2.05) is 25.8 Å². The van der Waals surface area contributed by atoms with Crippen molar-refractivity contribution in [3.63, 3.8) is 0 Å². The molecule has 1 aliphatic heterocycles. The second-order valence-corrected chi connectivity index (χ2v) is 7.49. The van der Waals surface area contributed by atoms with Crippen LogP contribution in [-0.2, 0) is 25.6 Å². The Balaban J connectivity index is 1.99. The van der Waals surface area contributed by atoms with Crippen molar-refractivity contribution in [3.05, 3.63) is 34.4 Å². The third-order valence-electron chi connectivity index (χ3n) is 5.40. The molecule has 1 aromatic carbocycles. The molecule has 0 saturated carbocycles. The summed E-state index contributed by atoms with van der Waals surface area (Å²) in [6.07, 6.45) is 2.75. The van der Waals surface area contributed by atoms with Crippen LogP contribution in [0.25, 0.3) is 0 Å². The van der Waals surface area contributed by atoms with Crippen molar-refractivity contribution in [1.82, 2.24) is 10.4 Å². The number of nitrogens with zero attached hydrogens (tertiary/aromatic N) is 1. The van der Waals surface area contributed by atoms with Gasteiger partial charge in [0.1, 0.15) is 6.04 Å². The molecule has 27 heavy (non-hydrogen) atoms. The van der Waals surface area contributed by atoms with Crippen LogP contribution in [0.4, 0.5) is 0 Å². The van der Waals surface area contributed by atoms with E-state index < -0.39 is 6.04 Å². The lowest BCUT2D eigenvalue weighted by Crippen LogP contribution is -2.45. The van der Waals surface area contributed by atoms with E-state index in [0.29, 0.717) is 12.3 Å². The third kappa shape index (κ3) is 6.04. The average molecular weight is 376 g/mol. The number of carbonyl (C=O) groups excluding carboxylic acids is 2. The fraction of sp³-hybridized carbons (Fsp3) is 0.619. The van der Waals surface area contributed by atoms with Crippen LogP contribution in [0.3, 0.4) is 0 Å². The van der Waals surface area contributed by atoms with Gasteiger partial charge in [0.2, 0.25) is 5.91 Å². The van der Waals surface area contributed by atoms with Crippen LogP contribution in [0.2, 0.25) is 0 Å². The van der Waals surface area contributed by atoms with Gasteiger partial charge in [0.25, 0.3) is 0 Å². The number of benzene rings is 1. The monoisotopic (exact) mass is 376 g/mol. The van der Waals surface area contributed by atoms with Crippen molar-refractivity contribution in [3.8, 4) is 0 Å². The van der Waals surface area contributed by atoms with Crippen molar-refractivity contribution in [1.29, 1.82) is 0 Å². The van der Waals surface area contributed by atoms with Crippen molar-refractivity contribution in [2.45, 2.75) is 52.5 Å². The quantitative estimate of drug-likeness (QED) is 0.741. The minimum Gasteiger partial charge on any atom is -0.467 e. The van der Waals surface area contributed by atoms with Gasteiger partial charge < -0.3 is 14.9 Å². The van der Waals surface area contributed by atoms with Gasteiger partial charge in [-0.25, -0.2) is 4.79 Å². The number of nitrogens with one attached hydrogen (secondary N) is 1. The van der Waals surface area contributed by atoms with E-state index in [0.717, 1.165) is 42.6 Å². The first-order valence-corrected chi connectivity index (χ1v) is 9.57. The number of hydrogen-bond donors (Lipinski definition) is 1. The highest BCUT2D eigenvalue weighted by molar-refractivity contribution is 5.86. The number of carbonyl (C=O) groups is 2. The molecule has 1 amide bonds. The molecule has 6 nitrogen and oxygen atoms in total. The summed E-state index contributed by atoms with van der Waals surface area (Å²) in [5.41, 5.74) is 4.41. The maximum atomic E-state index is 12.6. The number of hydrogen-bond acceptors (Lipinski definition) is 5. The number of ether oxygens (including phenoxy) is 1. The number of rotatable bonds is 7. The van der Waals surface area contributed by atoms with Crippen molar-refractivity contribution < 1.29 is 19.2 Å². The zero-order valence-corrected chi connectivity index (χ0v) is 17.1. The average Bonchev–Trinajstić information content (AvgIpc) is 2.64. The van der Waals surface area contributed by atoms with Crippen molar-refractivity contribution in [2.24, 2.45) is 5.92 Å². The molecule has 1 unspecified atom stereocenters. The summed E-state index contributed by atoms with van der Waals surface area (Å²) in [4.78, 5) is 30.1. The molecule has 1 N–H and O–H groups in total. The number of piperidine rings is 1. The number of esters is 1. The summed E-state index contributed by atoms with van der Waals surface area (Å²) in [7, 11) is 3.04. The van der Waals surface area contributed by atoms with Crippen molar-refractivity contribution in [2.75, 3.05) is 27.3 Å². The lowest BCUT2D eigenvalue weighted by Gasteiger charge is -2.31. The van der Waals surface area contributed by atoms with Gasteiger partial charge in [0.15, 0.2) is 0 Å². The molecule has 0 radical (unpaired) electrons. The molecule has 0 aliphatic carbocycles. The zero-order chi connectivity index (χ0) is 20.0. The Morgan fingerprint density at radius 3 is 2.26 bits per heavy atom. The number of methoxy groups -OCH3 is 1. The van der Waals surface area contributed by atoms with Gasteiger partial charge in [-0.05, 0) is 62.6 Å². The number of amides is 1. The first kappa shape index (κ1) is 21.4. The molecule has 1 fully saturated rings. The summed E-state index contributed by atoms with van der Waals surface area (Å²) in [5, 5.41) is 4.82. The van der Waals surface area contributed by atoms with Crippen LogP contribution in [0, 0.1) is 26.7 Å². The molecule has 2 rings (SSSR count). The first-order valence-electron chi connectivity index (χ1n) is 9.57. The molecule has 0 spiro atoms. The van der Waals surface area contributed by atoms with Gasteiger partial charge in [-0.1, -0.05) is 17.7 Å². The predicted molar refractivity (Wildman–Crippen MR) is 104 cm³/mol. The Morgan fingerprint density at radius 1 is 1.15 bits per heavy atom. The van der Waals surface area contributed by atoms with E-state index in [9.17, 15) is 9.59 Å². The van der Waals surface area contributed by atoms with Crippen LogP contribution in [0.1, 0.15) is 41.5 Å². The van der Waals surface area contributed by atoms with Gasteiger partial charge in [0, 0.05) is 13.1 Å². The lowest BCUT2D eigenvalue weighted by atomic mass is 9.90. The van der Waals surface area contributed by atoms with E-state index in [1.54, 1.807) is 7.11 Å². The minimum atomic E-state index is -0.604. The van der Waals surface area contributed by atoms with Crippen LogP contribution >= 0.6 is 0 Å². The van der Waals surface area contributed by atoms with Crippen LogP contribution in [-0.4, -0.2) is 50.3 Å². The summed E-state index contributed by atoms with van der Waals surface area (Å²) in [6, 6.07) is 3.56. The SMILES string of the molecule is COC(=O)C(CC1CCN(OC)CC1)NC(=O)Cc1c(C)cc(C)cc1C. The molecule has 1 aliphatic rings. The van der Waals surface area contributed by atoms with Crippen LogP contribution in [0.15, 0.2) is 12.1 Å². The van der Waals surface area contributed by atoms with Gasteiger partial charge >= 0.3 is 5.97 Å². The molecule has 150 valence electrons. The molecule has 1 heterocycles. The Kier molecular flexibility index (Phi) is 7.80. The van der Waals surface area contributed by atoms with Crippen LogP contribution < -0.4 is 5.32 Å². The Morgan fingerprint density at radius 2 is 1.74 bits per heavy atom. The highest BCUT2D eigenvalue weighted by atomic mass is 16.7. The molecule has 0 bridgehead atoms. The van der Waals surface area contributed by atoms with E-state index in [1.165, 1.54) is 12.7 Å². The molecule has 1 atom stereocenters. The summed E-state index contributed by atoms with van der Waals surface area (Å²) < 4.78 is 4.92. The number of aryl methyl sites for hydroxylation is 3. The third-order valence-corrected chi connectivity index (χ3v) is 5.40. The highest BCUT2D eigenvalue weighted by Gasteiger charge is 2.28. The van der Waals surface area contributed by atoms with E-state index in [-0.39, 0.29) is 18.3 Å². The van der Waals surface area contributed by atoms with E-state index in [4.69, 9.17) is 9.57 Å². The van der Waals surface area contributed by atoms with Crippen molar-refractivity contribution >= 4 is 11.9 Å². The van der Waals surface area contributed by atoms with Crippen LogP contribution in [0.5, 0.6) is 0 Å². The van der Waals surface area contributed by atoms with Gasteiger partial charge in [-0.3, -0.25) is 4.79 Å². The summed E-state index contributed by atoms with van der Waals surface area (Å²) in [5.74, 6) is -0.159. The highest BCUT2D eigenvalue weighted by Crippen LogP contribution is 2.23. The second-order valence-electron chi connectivity index (χ2n) is 7.49. The molecular weight excluding hydrogens is 344 g/mol. The fourth-order valence-electron chi connectivity index (χ4n) is 3.91. The minimum absolute atomic E-state index is 0.144. The predicted octanol–water partition coefficient (Wildman–Crippen LogP) is 2.48. The Labute approximate surface area is 162 Å². The zero-order valence-electron chi connectivity index (χ0n) is 17.1. The second kappa shape index (κ2) is 9.85. The molecule has 1 aromatic rings. The maximum Gasteiger partial charge on any atom is 0.328 e. The summed E-state index contributed by atoms with van der Waals surface area (Å²) >= 11 is 0. The van der Waals surface area contributed by atoms with E-state index >= 15 is 0 Å². The number of hydroxylamine groups is 2. The first-order chi connectivity index (χ1) is 12.8. The molecular formula is C21H32N2O4. The largest absolute Gasteiger partial charge is 0.467 e. The fourth-order valence-corrected chi connectivity index (χ4v) is 3.91. The Hall–Kier alpha value is -1.92. The summed E-state index contributed by atoms with van der Waals surface area (Å²) in [6.45, 7) is 7.76. The smallest absolute Gasteiger partial charge is 0.328 e. The van der Waals surface area contributed by atoms with Gasteiger partial charge in [-0.15, -0.1) is 0 Å².